The summed E-state index contributed by atoms with van der Waals surface area (Å²) in [5.74, 6) is 0.114. The average molecular weight is 484 g/mol. The lowest BCUT2D eigenvalue weighted by molar-refractivity contribution is -0.129. The fourth-order valence-corrected chi connectivity index (χ4v) is 5.75. The summed E-state index contributed by atoms with van der Waals surface area (Å²) in [5.41, 5.74) is 4.29. The number of likely N-dealkylation sites (tertiary alicyclic amines) is 1. The second-order valence-electron chi connectivity index (χ2n) is 9.06. The van der Waals surface area contributed by atoms with Crippen molar-refractivity contribution in [3.63, 3.8) is 0 Å². The molecule has 1 saturated heterocycles. The summed E-state index contributed by atoms with van der Waals surface area (Å²) < 4.78 is 24.4. The van der Waals surface area contributed by atoms with Gasteiger partial charge in [0.05, 0.1) is 11.3 Å². The molecular formula is C24H29N5O4S. The highest BCUT2D eigenvalue weighted by molar-refractivity contribution is 7.70. The number of aromatic amines is 1. The maximum atomic E-state index is 13.2. The average Bonchev–Trinajstić information content (AvgIpc) is 3.02. The van der Waals surface area contributed by atoms with Crippen LogP contribution in [0.15, 0.2) is 29.2 Å². The zero-order valence-electron chi connectivity index (χ0n) is 19.3. The van der Waals surface area contributed by atoms with Gasteiger partial charge in [0.15, 0.2) is 0 Å². The smallest absolute Gasteiger partial charge is 0.258 e. The molecule has 4 heterocycles. The third kappa shape index (κ3) is 3.90. The molecule has 1 aliphatic carbocycles. The number of amides is 1. The predicted molar refractivity (Wildman–Crippen MR) is 134 cm³/mol. The molecule has 0 bridgehead atoms. The molecule has 10 heteroatoms. The van der Waals surface area contributed by atoms with Crippen LogP contribution in [0.5, 0.6) is 0 Å². The number of rotatable bonds is 5. The van der Waals surface area contributed by atoms with Crippen LogP contribution in [0, 0.1) is 0 Å². The Morgan fingerprint density at radius 3 is 2.68 bits per heavy atom. The number of fused-ring (bicyclic) bond motifs is 2. The number of H-pyrrole nitrogens is 1. The van der Waals surface area contributed by atoms with Gasteiger partial charge in [-0.1, -0.05) is 6.07 Å². The van der Waals surface area contributed by atoms with Crippen LogP contribution in [0.4, 0.5) is 11.4 Å². The van der Waals surface area contributed by atoms with Crippen molar-refractivity contribution >= 4 is 39.8 Å². The first kappa shape index (κ1) is 22.7. The lowest BCUT2D eigenvalue weighted by atomic mass is 9.97. The van der Waals surface area contributed by atoms with Gasteiger partial charge >= 0.3 is 0 Å². The van der Waals surface area contributed by atoms with E-state index < -0.39 is 10.9 Å². The normalized spacial score (nSPS) is 18.0. The minimum Gasteiger partial charge on any atom is -0.364 e. The van der Waals surface area contributed by atoms with Gasteiger partial charge in [-0.25, -0.2) is 13.1 Å². The van der Waals surface area contributed by atoms with Crippen LogP contribution in [0.3, 0.4) is 0 Å². The Balaban J connectivity index is 1.62. The molecule has 1 fully saturated rings. The van der Waals surface area contributed by atoms with E-state index in [0.717, 1.165) is 59.0 Å². The first-order chi connectivity index (χ1) is 16.3. The van der Waals surface area contributed by atoms with E-state index in [1.54, 1.807) is 6.92 Å². The highest BCUT2D eigenvalue weighted by atomic mass is 32.2. The summed E-state index contributed by atoms with van der Waals surface area (Å²) in [6.07, 6.45) is 8.27. The molecule has 0 atom stereocenters. The molecule has 0 aromatic heterocycles. The van der Waals surface area contributed by atoms with Crippen molar-refractivity contribution in [2.75, 3.05) is 43.0 Å². The Morgan fingerprint density at radius 2 is 1.97 bits per heavy atom. The molecule has 0 spiro atoms. The second kappa shape index (κ2) is 8.92. The Bertz CT molecular complexity index is 1390. The molecule has 0 saturated carbocycles. The van der Waals surface area contributed by atoms with Gasteiger partial charge in [0.1, 0.15) is 0 Å². The van der Waals surface area contributed by atoms with E-state index in [1.807, 2.05) is 29.1 Å². The molecule has 0 unspecified atom stereocenters. The van der Waals surface area contributed by atoms with E-state index in [1.165, 1.54) is 0 Å². The van der Waals surface area contributed by atoms with Crippen LogP contribution in [-0.2, 0) is 15.7 Å². The second-order valence-corrected chi connectivity index (χ2v) is 9.89. The Morgan fingerprint density at radius 1 is 1.21 bits per heavy atom. The summed E-state index contributed by atoms with van der Waals surface area (Å²) in [6.45, 7) is 4.09. The van der Waals surface area contributed by atoms with Crippen molar-refractivity contribution in [1.82, 2.24) is 14.6 Å². The number of carbonyl (C=O) groups is 1. The molecular weight excluding hydrogens is 454 g/mol. The Kier molecular flexibility index (Phi) is 5.95. The summed E-state index contributed by atoms with van der Waals surface area (Å²) in [7, 11) is -0.728. The van der Waals surface area contributed by atoms with E-state index in [9.17, 15) is 18.0 Å². The minimum absolute atomic E-state index is 0.114. The number of aromatic nitrogens is 1. The zero-order chi connectivity index (χ0) is 24.0. The monoisotopic (exact) mass is 483 g/mol. The highest BCUT2D eigenvalue weighted by Crippen LogP contribution is 2.36. The number of hydrogen-bond donors (Lipinski definition) is 3. The van der Waals surface area contributed by atoms with Gasteiger partial charge in [0, 0.05) is 74.2 Å². The first-order valence-corrected chi connectivity index (χ1v) is 12.8. The maximum Gasteiger partial charge on any atom is 0.258 e. The molecule has 9 nitrogen and oxygen atoms in total. The predicted octanol–water partition coefficient (Wildman–Crippen LogP) is -0.289. The summed E-state index contributed by atoms with van der Waals surface area (Å²) in [6, 6.07) is 4.43. The molecule has 0 aromatic rings. The van der Waals surface area contributed by atoms with E-state index >= 15 is 0 Å². The molecule has 0 radical (unpaired) electrons. The molecule has 34 heavy (non-hydrogen) atoms. The fraction of sp³-hybridized carbons (Fsp3) is 0.417. The number of hydrogen-bond acceptors (Lipinski definition) is 6. The Labute approximate surface area is 199 Å². The number of nitrogens with zero attached hydrogens (tertiary/aromatic N) is 3. The van der Waals surface area contributed by atoms with E-state index in [2.05, 4.69) is 32.8 Å². The van der Waals surface area contributed by atoms with Crippen molar-refractivity contribution in [3.8, 4) is 11.1 Å². The quantitative estimate of drug-likeness (QED) is 0.505. The molecule has 4 aliphatic heterocycles. The lowest BCUT2D eigenvalue weighted by Gasteiger charge is -2.40. The molecule has 5 rings (SSSR count). The van der Waals surface area contributed by atoms with Crippen LogP contribution >= 0.6 is 0 Å². The number of piperidine rings is 1. The van der Waals surface area contributed by atoms with E-state index in [4.69, 9.17) is 0 Å². The van der Waals surface area contributed by atoms with Crippen LogP contribution in [0.25, 0.3) is 22.8 Å². The molecule has 0 aromatic carbocycles. The molecule has 180 valence electrons. The third-order valence-corrected chi connectivity index (χ3v) is 7.62. The number of anilines is 2. The van der Waals surface area contributed by atoms with Crippen molar-refractivity contribution in [1.29, 1.82) is 0 Å². The van der Waals surface area contributed by atoms with Gasteiger partial charge in [0.25, 0.3) is 5.56 Å². The minimum atomic E-state index is -2.65. The standard InChI is InChI=1S/C24H29N5O4S/c1-15(30)28-12-7-17(8-13-28)29-14-9-19-21-20(29)4-3-18-16(5-10-25-34(32)33)6-11-27(2)23(18)22(21)24(31)26-19/h3-4,6,9,11,17,34H,5,7-8,10,12-14H2,1-2H3,(H,26,31)(H,25,32,33). The van der Waals surface area contributed by atoms with E-state index in [-0.39, 0.29) is 17.5 Å². The van der Waals surface area contributed by atoms with Crippen molar-refractivity contribution in [2.45, 2.75) is 32.2 Å². The van der Waals surface area contributed by atoms with Crippen LogP contribution < -0.4 is 30.6 Å². The van der Waals surface area contributed by atoms with Crippen molar-refractivity contribution < 1.29 is 13.2 Å². The molecule has 1 amide bonds. The van der Waals surface area contributed by atoms with Gasteiger partial charge in [-0.2, -0.15) is 0 Å². The summed E-state index contributed by atoms with van der Waals surface area (Å²) in [4.78, 5) is 34.3. The van der Waals surface area contributed by atoms with Crippen molar-refractivity contribution in [2.24, 2.45) is 0 Å². The zero-order valence-corrected chi connectivity index (χ0v) is 20.2. The fourth-order valence-electron chi connectivity index (χ4n) is 5.46. The number of nitrogens with one attached hydrogen (secondary N) is 2. The van der Waals surface area contributed by atoms with Gasteiger partial charge in [-0.05, 0) is 43.1 Å². The summed E-state index contributed by atoms with van der Waals surface area (Å²) >= 11 is 0. The van der Waals surface area contributed by atoms with Crippen LogP contribution in [0.1, 0.15) is 26.2 Å². The number of carbonyl (C=O) groups excluding carboxylic acids is 1. The van der Waals surface area contributed by atoms with Gasteiger partial charge in [-0.3, -0.25) is 9.59 Å². The maximum absolute atomic E-state index is 13.2. The van der Waals surface area contributed by atoms with E-state index in [0.29, 0.717) is 25.1 Å². The topological polar surface area (TPSA) is 106 Å². The van der Waals surface area contributed by atoms with Crippen molar-refractivity contribution in [3.05, 3.63) is 45.3 Å². The molecule has 5 aliphatic rings. The Hall–Kier alpha value is -3.11. The van der Waals surface area contributed by atoms with Gasteiger partial charge < -0.3 is 19.7 Å². The van der Waals surface area contributed by atoms with Gasteiger partial charge in [-0.15, -0.1) is 0 Å². The third-order valence-electron chi connectivity index (χ3n) is 7.14. The largest absolute Gasteiger partial charge is 0.364 e. The van der Waals surface area contributed by atoms with Gasteiger partial charge in [0.2, 0.25) is 16.8 Å². The molecule has 2 N–H and O–H groups in total. The first-order valence-electron chi connectivity index (χ1n) is 11.6. The summed E-state index contributed by atoms with van der Waals surface area (Å²) in [5, 5.41) is 1.78. The lowest BCUT2D eigenvalue weighted by Crippen LogP contribution is -2.47. The van der Waals surface area contributed by atoms with Crippen LogP contribution in [-0.4, -0.2) is 63.5 Å². The number of thiol groups is 1. The highest BCUT2D eigenvalue weighted by Gasteiger charge is 2.32. The van der Waals surface area contributed by atoms with Crippen LogP contribution in [0.2, 0.25) is 0 Å². The SMILES string of the molecule is CC(=O)N1CCC(N2CC=c3[nH]c(=O)c4c5c(ccc2c3-4)=C(CCN[SH](=O)=O)C=CN5C)CC1. The number of allylic oxidation sites excluding steroid dienone is 1.